The maximum atomic E-state index is 12.1. The number of halogens is 2. The first-order chi connectivity index (χ1) is 11.9. The molecule has 0 saturated carbocycles. The summed E-state index contributed by atoms with van der Waals surface area (Å²) in [4.78, 5) is 14.1. The van der Waals surface area contributed by atoms with Gasteiger partial charge in [-0.3, -0.25) is 4.79 Å². The molecule has 0 aromatic heterocycles. The van der Waals surface area contributed by atoms with E-state index in [9.17, 15) is 13.6 Å². The monoisotopic (exact) mass is 348 g/mol. The maximum Gasteiger partial charge on any atom is 0.387 e. The lowest BCUT2D eigenvalue weighted by Gasteiger charge is -2.10. The molecular weight excluding hydrogens is 326 g/mol. The van der Waals surface area contributed by atoms with Gasteiger partial charge in [0.15, 0.2) is 0 Å². The first kappa shape index (κ1) is 18.9. The van der Waals surface area contributed by atoms with E-state index in [0.29, 0.717) is 6.54 Å². The molecule has 2 aromatic rings. The van der Waals surface area contributed by atoms with E-state index in [1.54, 1.807) is 12.1 Å². The standard InChI is InChI=1S/C19H22F2N2O2/c1-23(2)13-16-5-3-15(4-6-16)12-22-18(24)11-14-7-9-17(10-8-14)25-19(20)21/h3-10,19H,11-13H2,1-2H3,(H,22,24). The van der Waals surface area contributed by atoms with Gasteiger partial charge in [0.2, 0.25) is 5.91 Å². The summed E-state index contributed by atoms with van der Waals surface area (Å²) < 4.78 is 28.5. The Bertz CT molecular complexity index is 671. The van der Waals surface area contributed by atoms with Crippen molar-refractivity contribution in [3.63, 3.8) is 0 Å². The average Bonchev–Trinajstić information content (AvgIpc) is 2.55. The van der Waals surface area contributed by atoms with Crippen molar-refractivity contribution < 1.29 is 18.3 Å². The molecule has 0 heterocycles. The second-order valence-electron chi connectivity index (χ2n) is 6.03. The summed E-state index contributed by atoms with van der Waals surface area (Å²) in [5.41, 5.74) is 2.98. The van der Waals surface area contributed by atoms with Crippen molar-refractivity contribution in [2.45, 2.75) is 26.1 Å². The molecular formula is C19H22F2N2O2. The second kappa shape index (κ2) is 9.13. The van der Waals surface area contributed by atoms with E-state index in [1.807, 2.05) is 38.4 Å². The number of benzene rings is 2. The Morgan fingerprint density at radius 2 is 1.56 bits per heavy atom. The zero-order valence-electron chi connectivity index (χ0n) is 14.3. The van der Waals surface area contributed by atoms with Gasteiger partial charge in [0.05, 0.1) is 6.42 Å². The fraction of sp³-hybridized carbons (Fsp3) is 0.316. The van der Waals surface area contributed by atoms with Crippen LogP contribution in [0.5, 0.6) is 5.75 Å². The van der Waals surface area contributed by atoms with Crippen LogP contribution in [0.15, 0.2) is 48.5 Å². The summed E-state index contributed by atoms with van der Waals surface area (Å²) in [6, 6.07) is 14.1. The zero-order valence-corrected chi connectivity index (χ0v) is 14.3. The highest BCUT2D eigenvalue weighted by Gasteiger charge is 2.06. The molecule has 0 aliphatic rings. The fourth-order valence-electron chi connectivity index (χ4n) is 2.36. The third kappa shape index (κ3) is 6.89. The number of alkyl halides is 2. The van der Waals surface area contributed by atoms with E-state index >= 15 is 0 Å². The van der Waals surface area contributed by atoms with E-state index in [2.05, 4.69) is 15.0 Å². The topological polar surface area (TPSA) is 41.6 Å². The van der Waals surface area contributed by atoms with Crippen molar-refractivity contribution in [2.24, 2.45) is 0 Å². The minimum absolute atomic E-state index is 0.0805. The Morgan fingerprint density at radius 1 is 1.00 bits per heavy atom. The van der Waals surface area contributed by atoms with Crippen LogP contribution in [0.1, 0.15) is 16.7 Å². The average molecular weight is 348 g/mol. The van der Waals surface area contributed by atoms with Crippen LogP contribution in [0.4, 0.5) is 8.78 Å². The third-order valence-corrected chi connectivity index (χ3v) is 3.52. The highest BCUT2D eigenvalue weighted by Crippen LogP contribution is 2.15. The molecule has 4 nitrogen and oxygen atoms in total. The minimum atomic E-state index is -2.85. The number of hydrogen-bond donors (Lipinski definition) is 1. The van der Waals surface area contributed by atoms with Crippen molar-refractivity contribution >= 4 is 5.91 Å². The summed E-state index contributed by atoms with van der Waals surface area (Å²) in [5.74, 6) is -0.0446. The number of ether oxygens (including phenoxy) is 1. The summed E-state index contributed by atoms with van der Waals surface area (Å²) in [7, 11) is 4.03. The number of nitrogens with zero attached hydrogens (tertiary/aromatic N) is 1. The van der Waals surface area contributed by atoms with E-state index in [4.69, 9.17) is 0 Å². The fourth-order valence-corrected chi connectivity index (χ4v) is 2.36. The van der Waals surface area contributed by atoms with Crippen molar-refractivity contribution in [2.75, 3.05) is 14.1 Å². The number of hydrogen-bond acceptors (Lipinski definition) is 3. The molecule has 0 saturated heterocycles. The Morgan fingerprint density at radius 3 is 2.12 bits per heavy atom. The summed E-state index contributed by atoms with van der Waals surface area (Å²) in [6.07, 6.45) is 0.188. The molecule has 134 valence electrons. The van der Waals surface area contributed by atoms with Crippen LogP contribution in [0.25, 0.3) is 0 Å². The predicted octanol–water partition coefficient (Wildman–Crippen LogP) is 3.21. The molecule has 0 spiro atoms. The van der Waals surface area contributed by atoms with Gasteiger partial charge in [-0.05, 0) is 42.9 Å². The van der Waals surface area contributed by atoms with Gasteiger partial charge in [-0.1, -0.05) is 36.4 Å². The van der Waals surface area contributed by atoms with Gasteiger partial charge in [0, 0.05) is 13.1 Å². The molecule has 2 rings (SSSR count). The molecule has 25 heavy (non-hydrogen) atoms. The van der Waals surface area contributed by atoms with Crippen molar-refractivity contribution in [1.82, 2.24) is 10.2 Å². The van der Waals surface area contributed by atoms with E-state index in [-0.39, 0.29) is 18.1 Å². The number of nitrogens with one attached hydrogen (secondary N) is 1. The molecule has 0 atom stereocenters. The van der Waals surface area contributed by atoms with Gasteiger partial charge < -0.3 is 15.0 Å². The first-order valence-corrected chi connectivity index (χ1v) is 7.95. The molecule has 1 amide bonds. The number of carbonyl (C=O) groups is 1. The third-order valence-electron chi connectivity index (χ3n) is 3.52. The number of amides is 1. The normalized spacial score (nSPS) is 11.0. The second-order valence-corrected chi connectivity index (χ2v) is 6.03. The van der Waals surface area contributed by atoms with Crippen molar-refractivity contribution in [1.29, 1.82) is 0 Å². The van der Waals surface area contributed by atoms with Crippen LogP contribution in [-0.4, -0.2) is 31.5 Å². The molecule has 6 heteroatoms. The summed E-state index contributed by atoms with van der Waals surface area (Å²) in [5, 5.41) is 2.85. The Hall–Kier alpha value is -2.47. The molecule has 0 radical (unpaired) electrons. The van der Waals surface area contributed by atoms with Crippen LogP contribution >= 0.6 is 0 Å². The SMILES string of the molecule is CN(C)Cc1ccc(CNC(=O)Cc2ccc(OC(F)F)cc2)cc1. The van der Waals surface area contributed by atoms with E-state index < -0.39 is 6.61 Å². The van der Waals surface area contributed by atoms with Crippen molar-refractivity contribution in [3.05, 3.63) is 65.2 Å². The lowest BCUT2D eigenvalue weighted by atomic mass is 10.1. The number of carbonyl (C=O) groups excluding carboxylic acids is 1. The molecule has 0 fully saturated rings. The first-order valence-electron chi connectivity index (χ1n) is 7.95. The van der Waals surface area contributed by atoms with Crippen LogP contribution in [0, 0.1) is 0 Å². The minimum Gasteiger partial charge on any atom is -0.435 e. The summed E-state index contributed by atoms with van der Waals surface area (Å²) >= 11 is 0. The van der Waals surface area contributed by atoms with Gasteiger partial charge >= 0.3 is 6.61 Å². The van der Waals surface area contributed by atoms with Gasteiger partial charge in [-0.2, -0.15) is 8.78 Å². The van der Waals surface area contributed by atoms with Gasteiger partial charge in [0.1, 0.15) is 5.75 Å². The highest BCUT2D eigenvalue weighted by molar-refractivity contribution is 5.78. The van der Waals surface area contributed by atoms with Gasteiger partial charge in [-0.15, -0.1) is 0 Å². The van der Waals surface area contributed by atoms with Crippen LogP contribution in [0.2, 0.25) is 0 Å². The molecule has 2 aromatic carbocycles. The van der Waals surface area contributed by atoms with E-state index in [0.717, 1.165) is 17.7 Å². The van der Waals surface area contributed by atoms with Crippen LogP contribution in [-0.2, 0) is 24.3 Å². The van der Waals surface area contributed by atoms with E-state index in [1.165, 1.54) is 17.7 Å². The quantitative estimate of drug-likeness (QED) is 0.796. The lowest BCUT2D eigenvalue weighted by molar-refractivity contribution is -0.120. The van der Waals surface area contributed by atoms with Crippen molar-refractivity contribution in [3.8, 4) is 5.75 Å². The lowest BCUT2D eigenvalue weighted by Crippen LogP contribution is -2.24. The molecule has 0 unspecified atom stereocenters. The molecule has 0 aliphatic carbocycles. The molecule has 0 aliphatic heterocycles. The summed E-state index contributed by atoms with van der Waals surface area (Å²) in [6.45, 7) is -1.52. The Labute approximate surface area is 146 Å². The molecule has 1 N–H and O–H groups in total. The highest BCUT2D eigenvalue weighted by atomic mass is 19.3. The maximum absolute atomic E-state index is 12.1. The largest absolute Gasteiger partial charge is 0.435 e. The van der Waals surface area contributed by atoms with Gasteiger partial charge in [-0.25, -0.2) is 0 Å². The smallest absolute Gasteiger partial charge is 0.387 e. The molecule has 0 bridgehead atoms. The number of rotatable bonds is 8. The van der Waals surface area contributed by atoms with Crippen LogP contribution < -0.4 is 10.1 Å². The zero-order chi connectivity index (χ0) is 18.2. The predicted molar refractivity (Wildman–Crippen MR) is 92.5 cm³/mol. The van der Waals surface area contributed by atoms with Crippen LogP contribution in [0.3, 0.4) is 0 Å². The Balaban J connectivity index is 1.80. The Kier molecular flexibility index (Phi) is 6.89. The van der Waals surface area contributed by atoms with Gasteiger partial charge in [0.25, 0.3) is 0 Å².